The van der Waals surface area contributed by atoms with Gasteiger partial charge in [0.05, 0.1) is 5.02 Å². The summed E-state index contributed by atoms with van der Waals surface area (Å²) in [7, 11) is 0. The van der Waals surface area contributed by atoms with Crippen LogP contribution in [-0.4, -0.2) is 13.1 Å². The van der Waals surface area contributed by atoms with E-state index in [1.165, 1.54) is 24.1 Å². The number of thiophene rings is 1. The zero-order chi connectivity index (χ0) is 10.7. The Morgan fingerprint density at radius 2 is 2.40 bits per heavy atom. The molecule has 0 saturated heterocycles. The van der Waals surface area contributed by atoms with Crippen molar-refractivity contribution in [1.82, 2.24) is 5.32 Å². The lowest BCUT2D eigenvalue weighted by molar-refractivity contribution is 0.454. The Labute approximate surface area is 101 Å². The van der Waals surface area contributed by atoms with Crippen LogP contribution in [0, 0.1) is 5.92 Å². The van der Waals surface area contributed by atoms with Crippen LogP contribution in [0.2, 0.25) is 5.02 Å². The third-order valence-corrected chi connectivity index (χ3v) is 4.79. The van der Waals surface area contributed by atoms with Crippen LogP contribution >= 0.6 is 22.9 Å². The summed E-state index contributed by atoms with van der Waals surface area (Å²) in [6.45, 7) is 4.39. The van der Waals surface area contributed by atoms with Gasteiger partial charge in [-0.15, -0.1) is 11.3 Å². The van der Waals surface area contributed by atoms with Crippen LogP contribution in [-0.2, 0) is 0 Å². The van der Waals surface area contributed by atoms with Gasteiger partial charge in [-0.1, -0.05) is 24.9 Å². The zero-order valence-electron chi connectivity index (χ0n) is 9.13. The monoisotopic (exact) mass is 243 g/mol. The summed E-state index contributed by atoms with van der Waals surface area (Å²) in [4.78, 5) is 1.41. The molecule has 0 amide bonds. The Hall–Kier alpha value is -0.0500. The van der Waals surface area contributed by atoms with Crippen LogP contribution in [0.3, 0.4) is 0 Å². The second-order valence-electron chi connectivity index (χ2n) is 4.24. The molecule has 0 aromatic carbocycles. The van der Waals surface area contributed by atoms with Gasteiger partial charge in [0, 0.05) is 4.88 Å². The Morgan fingerprint density at radius 1 is 1.53 bits per heavy atom. The molecular formula is C12H18ClNS. The number of hydrogen-bond acceptors (Lipinski definition) is 2. The summed E-state index contributed by atoms with van der Waals surface area (Å²) >= 11 is 8.03. The molecular weight excluding hydrogens is 226 g/mol. The van der Waals surface area contributed by atoms with Crippen molar-refractivity contribution in [3.63, 3.8) is 0 Å². The minimum Gasteiger partial charge on any atom is -0.317 e. The van der Waals surface area contributed by atoms with Crippen LogP contribution < -0.4 is 5.32 Å². The maximum Gasteiger partial charge on any atom is 0.0547 e. The van der Waals surface area contributed by atoms with E-state index in [0.29, 0.717) is 5.92 Å². The molecule has 1 nitrogen and oxygen atoms in total. The molecule has 2 unspecified atom stereocenters. The standard InChI is InChI=1S/C12H18ClNS/c1-2-14-8-9-4-3-5-10(9)12-11(13)6-7-15-12/h6-7,9-10,14H,2-5,8H2,1H3. The Bertz CT molecular complexity index is 310. The van der Waals surface area contributed by atoms with E-state index in [0.717, 1.165) is 24.0 Å². The molecule has 0 spiro atoms. The minimum absolute atomic E-state index is 0.705. The summed E-state index contributed by atoms with van der Waals surface area (Å²) in [5.41, 5.74) is 0. The third-order valence-electron chi connectivity index (χ3n) is 3.30. The number of hydrogen-bond donors (Lipinski definition) is 1. The van der Waals surface area contributed by atoms with Crippen molar-refractivity contribution in [3.05, 3.63) is 21.3 Å². The van der Waals surface area contributed by atoms with E-state index in [-0.39, 0.29) is 0 Å². The first-order valence-electron chi connectivity index (χ1n) is 5.76. The maximum absolute atomic E-state index is 6.21. The van der Waals surface area contributed by atoms with Crippen LogP contribution in [0.15, 0.2) is 11.4 Å². The highest BCUT2D eigenvalue weighted by atomic mass is 35.5. The lowest BCUT2D eigenvalue weighted by atomic mass is 9.94. The van der Waals surface area contributed by atoms with Gasteiger partial charge in [0.25, 0.3) is 0 Å². The van der Waals surface area contributed by atoms with Gasteiger partial charge in [-0.05, 0) is 49.2 Å². The fourth-order valence-electron chi connectivity index (χ4n) is 2.53. The zero-order valence-corrected chi connectivity index (χ0v) is 10.7. The molecule has 1 N–H and O–H groups in total. The normalized spacial score (nSPS) is 26.0. The lowest BCUT2D eigenvalue weighted by Crippen LogP contribution is -2.23. The van der Waals surface area contributed by atoms with E-state index >= 15 is 0 Å². The van der Waals surface area contributed by atoms with Gasteiger partial charge in [0.15, 0.2) is 0 Å². The van der Waals surface area contributed by atoms with Crippen molar-refractivity contribution in [2.24, 2.45) is 5.92 Å². The van der Waals surface area contributed by atoms with Gasteiger partial charge in [-0.2, -0.15) is 0 Å². The fraction of sp³-hybridized carbons (Fsp3) is 0.667. The molecule has 0 radical (unpaired) electrons. The molecule has 1 saturated carbocycles. The van der Waals surface area contributed by atoms with E-state index < -0.39 is 0 Å². The van der Waals surface area contributed by atoms with E-state index in [4.69, 9.17) is 11.6 Å². The highest BCUT2D eigenvalue weighted by molar-refractivity contribution is 7.10. The number of nitrogens with one attached hydrogen (secondary N) is 1. The first kappa shape index (κ1) is 11.4. The predicted molar refractivity (Wildman–Crippen MR) is 68.0 cm³/mol. The molecule has 1 aliphatic rings. The summed E-state index contributed by atoms with van der Waals surface area (Å²) < 4.78 is 0. The van der Waals surface area contributed by atoms with Crippen molar-refractivity contribution in [2.75, 3.05) is 13.1 Å². The van der Waals surface area contributed by atoms with Gasteiger partial charge < -0.3 is 5.32 Å². The van der Waals surface area contributed by atoms with Gasteiger partial charge in [-0.3, -0.25) is 0 Å². The topological polar surface area (TPSA) is 12.0 Å². The summed E-state index contributed by atoms with van der Waals surface area (Å²) in [5.74, 6) is 1.50. The molecule has 1 aromatic rings. The second kappa shape index (κ2) is 5.33. The SMILES string of the molecule is CCNCC1CCCC1c1sccc1Cl. The Balaban J connectivity index is 2.04. The van der Waals surface area contributed by atoms with Crippen molar-refractivity contribution < 1.29 is 0 Å². The molecule has 2 atom stereocenters. The molecule has 84 valence electrons. The van der Waals surface area contributed by atoms with Gasteiger partial charge in [0.1, 0.15) is 0 Å². The van der Waals surface area contributed by atoms with E-state index in [2.05, 4.69) is 17.6 Å². The van der Waals surface area contributed by atoms with Crippen LogP contribution in [0.5, 0.6) is 0 Å². The summed E-state index contributed by atoms with van der Waals surface area (Å²) in [6, 6.07) is 2.03. The Morgan fingerprint density at radius 3 is 3.07 bits per heavy atom. The smallest absolute Gasteiger partial charge is 0.0547 e. The largest absolute Gasteiger partial charge is 0.317 e. The quantitative estimate of drug-likeness (QED) is 0.846. The van der Waals surface area contributed by atoms with Gasteiger partial charge >= 0.3 is 0 Å². The van der Waals surface area contributed by atoms with E-state index in [1.54, 1.807) is 0 Å². The van der Waals surface area contributed by atoms with Crippen LogP contribution in [0.25, 0.3) is 0 Å². The van der Waals surface area contributed by atoms with Crippen LogP contribution in [0.4, 0.5) is 0 Å². The Kier molecular flexibility index (Phi) is 4.06. The first-order chi connectivity index (χ1) is 7.33. The highest BCUT2D eigenvalue weighted by Gasteiger charge is 2.30. The van der Waals surface area contributed by atoms with Crippen molar-refractivity contribution >= 4 is 22.9 Å². The molecule has 2 rings (SSSR count). The number of halogens is 1. The summed E-state index contributed by atoms with van der Waals surface area (Å²) in [5, 5.41) is 6.55. The number of rotatable bonds is 4. The van der Waals surface area contributed by atoms with Crippen LogP contribution in [0.1, 0.15) is 37.0 Å². The fourth-order valence-corrected chi connectivity index (χ4v) is 3.95. The molecule has 0 bridgehead atoms. The molecule has 1 aliphatic carbocycles. The second-order valence-corrected chi connectivity index (χ2v) is 5.59. The van der Waals surface area contributed by atoms with E-state index in [9.17, 15) is 0 Å². The molecule has 15 heavy (non-hydrogen) atoms. The highest BCUT2D eigenvalue weighted by Crippen LogP contribution is 2.44. The van der Waals surface area contributed by atoms with Crippen molar-refractivity contribution in [2.45, 2.75) is 32.1 Å². The van der Waals surface area contributed by atoms with Crippen molar-refractivity contribution in [3.8, 4) is 0 Å². The molecule has 0 aliphatic heterocycles. The lowest BCUT2D eigenvalue weighted by Gasteiger charge is -2.19. The van der Waals surface area contributed by atoms with Crippen molar-refractivity contribution in [1.29, 1.82) is 0 Å². The maximum atomic E-state index is 6.21. The predicted octanol–water partition coefficient (Wildman–Crippen LogP) is 3.89. The molecule has 1 fully saturated rings. The molecule has 1 heterocycles. The first-order valence-corrected chi connectivity index (χ1v) is 7.02. The van der Waals surface area contributed by atoms with E-state index in [1.807, 2.05) is 17.4 Å². The van der Waals surface area contributed by atoms with Gasteiger partial charge in [0.2, 0.25) is 0 Å². The average Bonchev–Trinajstić information content (AvgIpc) is 2.82. The average molecular weight is 244 g/mol. The summed E-state index contributed by atoms with van der Waals surface area (Å²) in [6.07, 6.45) is 4.02. The molecule has 1 aromatic heterocycles. The molecule has 3 heteroatoms. The third kappa shape index (κ3) is 2.55. The minimum atomic E-state index is 0.705. The van der Waals surface area contributed by atoms with Gasteiger partial charge in [-0.25, -0.2) is 0 Å².